The third kappa shape index (κ3) is 2.14. The average molecular weight is 206 g/mol. The van der Waals surface area contributed by atoms with Crippen LogP contribution in [-0.2, 0) is 4.74 Å². The lowest BCUT2D eigenvalue weighted by atomic mass is 10.3. The largest absolute Gasteiger partial charge is 0.360 e. The summed E-state index contributed by atoms with van der Waals surface area (Å²) in [4.78, 5) is 19.4. The van der Waals surface area contributed by atoms with E-state index >= 15 is 0 Å². The maximum atomic E-state index is 11.1. The fraction of sp³-hybridized carbons (Fsp3) is 0.444. The molecule has 0 bridgehead atoms. The molecule has 0 aromatic carbocycles. The van der Waals surface area contributed by atoms with E-state index in [1.54, 1.807) is 0 Å². The molecule has 6 heteroatoms. The zero-order valence-corrected chi connectivity index (χ0v) is 8.01. The van der Waals surface area contributed by atoms with Gasteiger partial charge in [-0.15, -0.1) is 0 Å². The quantitative estimate of drug-likeness (QED) is 0.669. The Labute approximate surface area is 86.1 Å². The summed E-state index contributed by atoms with van der Waals surface area (Å²) < 4.78 is 5.19. The van der Waals surface area contributed by atoms with Crippen LogP contribution in [0.3, 0.4) is 0 Å². The van der Waals surface area contributed by atoms with E-state index in [0.717, 1.165) is 0 Å². The smallest absolute Gasteiger partial charge is 0.252 e. The van der Waals surface area contributed by atoms with Gasteiger partial charge < -0.3 is 14.6 Å². The minimum atomic E-state index is -0.445. The van der Waals surface area contributed by atoms with Gasteiger partial charge in [-0.3, -0.25) is 4.79 Å². The second-order valence-electron chi connectivity index (χ2n) is 3.20. The van der Waals surface area contributed by atoms with E-state index in [9.17, 15) is 4.79 Å². The number of nitrogens with zero attached hydrogens (tertiary/aromatic N) is 3. The second kappa shape index (κ2) is 4.11. The summed E-state index contributed by atoms with van der Waals surface area (Å²) in [7, 11) is 0. The fourth-order valence-corrected chi connectivity index (χ4v) is 1.47. The van der Waals surface area contributed by atoms with E-state index in [2.05, 4.69) is 9.97 Å². The molecule has 1 N–H and O–H groups in total. The highest BCUT2D eigenvalue weighted by molar-refractivity contribution is 5.37. The number of rotatable bonds is 1. The van der Waals surface area contributed by atoms with Crippen LogP contribution in [-0.4, -0.2) is 35.8 Å². The van der Waals surface area contributed by atoms with Crippen molar-refractivity contribution in [3.05, 3.63) is 22.7 Å². The van der Waals surface area contributed by atoms with Gasteiger partial charge in [-0.2, -0.15) is 5.26 Å². The van der Waals surface area contributed by atoms with Crippen LogP contribution in [0, 0.1) is 11.3 Å². The summed E-state index contributed by atoms with van der Waals surface area (Å²) in [5, 5.41) is 8.72. The summed E-state index contributed by atoms with van der Waals surface area (Å²) in [6, 6.07) is 3.46. The standard InChI is InChI=1S/C9H10N4O2/c10-4-7-5-13(1-2-15-7)8-3-9(14)12-6-11-8/h3,6-7H,1-2,5H2,(H,11,12,14). The number of ether oxygens (including phenoxy) is 1. The molecule has 1 aliphatic heterocycles. The molecule has 0 radical (unpaired) electrons. The monoisotopic (exact) mass is 206 g/mol. The van der Waals surface area contributed by atoms with Crippen molar-refractivity contribution in [3.63, 3.8) is 0 Å². The van der Waals surface area contributed by atoms with Crippen molar-refractivity contribution in [2.24, 2.45) is 0 Å². The van der Waals surface area contributed by atoms with Crippen molar-refractivity contribution >= 4 is 5.82 Å². The summed E-state index contributed by atoms with van der Waals surface area (Å²) in [6.45, 7) is 1.58. The highest BCUT2D eigenvalue weighted by Crippen LogP contribution is 2.11. The minimum Gasteiger partial charge on any atom is -0.360 e. The Morgan fingerprint density at radius 3 is 3.33 bits per heavy atom. The number of hydrogen-bond acceptors (Lipinski definition) is 5. The van der Waals surface area contributed by atoms with Crippen LogP contribution in [0.15, 0.2) is 17.2 Å². The molecule has 2 rings (SSSR count). The molecule has 0 aliphatic carbocycles. The van der Waals surface area contributed by atoms with Crippen molar-refractivity contribution < 1.29 is 4.74 Å². The summed E-state index contributed by atoms with van der Waals surface area (Å²) in [6.07, 6.45) is 0.911. The van der Waals surface area contributed by atoms with Crippen LogP contribution in [0.1, 0.15) is 0 Å². The van der Waals surface area contributed by atoms with Crippen molar-refractivity contribution in [3.8, 4) is 6.07 Å². The van der Waals surface area contributed by atoms with Crippen LogP contribution in [0.25, 0.3) is 0 Å². The molecule has 0 amide bonds. The van der Waals surface area contributed by atoms with Gasteiger partial charge in [-0.25, -0.2) is 4.98 Å². The summed E-state index contributed by atoms with van der Waals surface area (Å²) in [5.41, 5.74) is -0.194. The normalized spacial score (nSPS) is 21.0. The topological polar surface area (TPSA) is 82.0 Å². The lowest BCUT2D eigenvalue weighted by molar-refractivity contribution is 0.0761. The van der Waals surface area contributed by atoms with E-state index < -0.39 is 6.10 Å². The van der Waals surface area contributed by atoms with Gasteiger partial charge in [0.15, 0.2) is 6.10 Å². The third-order valence-corrected chi connectivity index (χ3v) is 2.20. The fourth-order valence-electron chi connectivity index (χ4n) is 1.47. The molecule has 1 aromatic heterocycles. The van der Waals surface area contributed by atoms with E-state index in [4.69, 9.17) is 10.00 Å². The number of aromatic amines is 1. The predicted molar refractivity (Wildman–Crippen MR) is 52.4 cm³/mol. The van der Waals surface area contributed by atoms with Crippen molar-refractivity contribution in [2.45, 2.75) is 6.10 Å². The third-order valence-electron chi connectivity index (χ3n) is 2.20. The van der Waals surface area contributed by atoms with Crippen LogP contribution in [0.5, 0.6) is 0 Å². The molecule has 2 heterocycles. The molecule has 0 spiro atoms. The minimum absolute atomic E-state index is 0.194. The Balaban J connectivity index is 2.17. The first-order chi connectivity index (χ1) is 7.29. The molecule has 6 nitrogen and oxygen atoms in total. The first-order valence-corrected chi connectivity index (χ1v) is 4.60. The molecule has 15 heavy (non-hydrogen) atoms. The van der Waals surface area contributed by atoms with Crippen molar-refractivity contribution in [1.29, 1.82) is 5.26 Å². The van der Waals surface area contributed by atoms with Crippen molar-refractivity contribution in [2.75, 3.05) is 24.6 Å². The Morgan fingerprint density at radius 2 is 2.60 bits per heavy atom. The number of H-pyrrole nitrogens is 1. The number of nitriles is 1. The number of nitrogens with one attached hydrogen (secondary N) is 1. The average Bonchev–Trinajstić information content (AvgIpc) is 2.29. The molecule has 1 aromatic rings. The number of aromatic nitrogens is 2. The molecular formula is C9H10N4O2. The Morgan fingerprint density at radius 1 is 1.73 bits per heavy atom. The molecule has 78 valence electrons. The number of morpholine rings is 1. The van der Waals surface area contributed by atoms with Crippen LogP contribution in [0.4, 0.5) is 5.82 Å². The molecule has 0 saturated carbocycles. The Kier molecular flexibility index (Phi) is 2.65. The lowest BCUT2D eigenvalue weighted by Gasteiger charge is -2.30. The van der Waals surface area contributed by atoms with Crippen molar-refractivity contribution in [1.82, 2.24) is 9.97 Å². The van der Waals surface area contributed by atoms with E-state index in [-0.39, 0.29) is 5.56 Å². The maximum absolute atomic E-state index is 11.1. The zero-order valence-electron chi connectivity index (χ0n) is 8.01. The molecule has 1 aliphatic rings. The number of anilines is 1. The molecular weight excluding hydrogens is 196 g/mol. The lowest BCUT2D eigenvalue weighted by Crippen LogP contribution is -2.42. The van der Waals surface area contributed by atoms with Gasteiger partial charge in [0.1, 0.15) is 5.82 Å². The predicted octanol–water partition coefficient (Wildman–Crippen LogP) is -0.501. The molecule has 1 fully saturated rings. The van der Waals surface area contributed by atoms with E-state index in [1.807, 2.05) is 11.0 Å². The van der Waals surface area contributed by atoms with Gasteiger partial charge in [0.25, 0.3) is 5.56 Å². The molecule has 1 saturated heterocycles. The number of hydrogen-bond donors (Lipinski definition) is 1. The highest BCUT2D eigenvalue weighted by atomic mass is 16.5. The van der Waals surface area contributed by atoms with E-state index in [0.29, 0.717) is 25.5 Å². The Hall–Kier alpha value is -1.87. The van der Waals surface area contributed by atoms with Gasteiger partial charge in [0.05, 0.1) is 25.5 Å². The zero-order chi connectivity index (χ0) is 10.7. The van der Waals surface area contributed by atoms with Gasteiger partial charge >= 0.3 is 0 Å². The van der Waals surface area contributed by atoms with Crippen LogP contribution in [0.2, 0.25) is 0 Å². The van der Waals surface area contributed by atoms with Gasteiger partial charge in [-0.1, -0.05) is 0 Å². The van der Waals surface area contributed by atoms with Gasteiger partial charge in [0.2, 0.25) is 0 Å². The molecule has 1 unspecified atom stereocenters. The van der Waals surface area contributed by atoms with Gasteiger partial charge in [0, 0.05) is 12.6 Å². The van der Waals surface area contributed by atoms with Crippen LogP contribution >= 0.6 is 0 Å². The first kappa shape index (κ1) is 9.68. The van der Waals surface area contributed by atoms with Crippen LogP contribution < -0.4 is 10.5 Å². The molecule has 1 atom stereocenters. The highest BCUT2D eigenvalue weighted by Gasteiger charge is 2.20. The van der Waals surface area contributed by atoms with E-state index in [1.165, 1.54) is 12.4 Å². The SMILES string of the molecule is N#CC1CN(c2cc(=O)[nH]cn2)CCO1. The first-order valence-electron chi connectivity index (χ1n) is 4.60. The summed E-state index contributed by atoms with van der Waals surface area (Å²) >= 11 is 0. The second-order valence-corrected chi connectivity index (χ2v) is 3.20. The maximum Gasteiger partial charge on any atom is 0.252 e. The Bertz CT molecular complexity index is 436. The van der Waals surface area contributed by atoms with Gasteiger partial charge in [-0.05, 0) is 0 Å². The summed E-state index contributed by atoms with van der Waals surface area (Å²) in [5.74, 6) is 0.585.